The predicted octanol–water partition coefficient (Wildman–Crippen LogP) is 4.65. The minimum atomic E-state index is -0.596. The zero-order valence-corrected chi connectivity index (χ0v) is 19.1. The van der Waals surface area contributed by atoms with Crippen LogP contribution in [0.5, 0.6) is 11.5 Å². The maximum atomic E-state index is 13.5. The van der Waals surface area contributed by atoms with Crippen LogP contribution >= 0.6 is 23.2 Å². The molecule has 2 aromatic rings. The van der Waals surface area contributed by atoms with Gasteiger partial charge in [0, 0.05) is 23.0 Å². The Kier molecular flexibility index (Phi) is 6.51. The first-order valence-electron chi connectivity index (χ1n) is 10.4. The summed E-state index contributed by atoms with van der Waals surface area (Å²) in [5, 5.41) is 12.3. The molecule has 2 bridgehead atoms. The summed E-state index contributed by atoms with van der Waals surface area (Å²) in [6.45, 7) is -0.280. The van der Waals surface area contributed by atoms with Crippen LogP contribution in [0, 0.1) is 22.6 Å². The molecule has 1 amide bonds. The van der Waals surface area contributed by atoms with Gasteiger partial charge in [-0.05, 0) is 60.6 Å². The van der Waals surface area contributed by atoms with Gasteiger partial charge >= 0.3 is 0 Å². The zero-order chi connectivity index (χ0) is 23.6. The molecule has 3 aliphatic rings. The summed E-state index contributed by atoms with van der Waals surface area (Å²) in [7, 11) is 0. The molecule has 3 fully saturated rings. The van der Waals surface area contributed by atoms with E-state index in [2.05, 4.69) is 5.32 Å². The van der Waals surface area contributed by atoms with E-state index in [1.807, 2.05) is 6.07 Å². The number of ether oxygens (including phenoxy) is 2. The highest BCUT2D eigenvalue weighted by molar-refractivity contribution is 6.31. The van der Waals surface area contributed by atoms with Crippen LogP contribution in [-0.2, 0) is 16.0 Å². The second-order valence-electron chi connectivity index (χ2n) is 8.82. The first kappa shape index (κ1) is 23.3. The molecule has 0 radical (unpaired) electrons. The number of benzene rings is 2. The Labute approximate surface area is 200 Å². The van der Waals surface area contributed by atoms with Crippen molar-refractivity contribution >= 4 is 34.9 Å². The Hall–Kier alpha value is -2.82. The maximum absolute atomic E-state index is 13.5. The molecule has 0 aromatic heterocycles. The van der Waals surface area contributed by atoms with Gasteiger partial charge < -0.3 is 14.8 Å². The third-order valence-electron chi connectivity index (χ3n) is 6.06. The van der Waals surface area contributed by atoms with Gasteiger partial charge in [-0.1, -0.05) is 23.2 Å². The number of carbonyl (C=O) groups excluding carboxylic acids is 2. The van der Waals surface area contributed by atoms with Gasteiger partial charge in [0.2, 0.25) is 0 Å². The molecule has 0 spiro atoms. The van der Waals surface area contributed by atoms with Crippen LogP contribution in [0.3, 0.4) is 0 Å². The normalized spacial score (nSPS) is 22.4. The van der Waals surface area contributed by atoms with Crippen LogP contribution in [0.25, 0.3) is 0 Å². The predicted molar refractivity (Wildman–Crippen MR) is 120 cm³/mol. The fraction of sp³-hybridized carbons (Fsp3) is 0.375. The van der Waals surface area contributed by atoms with E-state index < -0.39 is 5.82 Å². The lowest BCUT2D eigenvalue weighted by atomic mass is 9.38. The average Bonchev–Trinajstić information content (AvgIpc) is 2.73. The summed E-state index contributed by atoms with van der Waals surface area (Å²) in [4.78, 5) is 24.6. The molecule has 0 heterocycles. The van der Waals surface area contributed by atoms with Crippen molar-refractivity contribution in [3.63, 3.8) is 0 Å². The number of nitrogens with one attached hydrogen (secondary N) is 1. The molecule has 5 rings (SSSR count). The van der Waals surface area contributed by atoms with Crippen molar-refractivity contribution in [1.29, 1.82) is 5.26 Å². The molecule has 172 valence electrons. The number of carbonyl (C=O) groups is 2. The van der Waals surface area contributed by atoms with Crippen LogP contribution in [0.1, 0.15) is 31.2 Å². The molecular formula is C24H21Cl2FN2O4. The number of nitriles is 1. The minimum absolute atomic E-state index is 0.00259. The van der Waals surface area contributed by atoms with Crippen molar-refractivity contribution in [1.82, 2.24) is 5.32 Å². The molecule has 9 heteroatoms. The van der Waals surface area contributed by atoms with Gasteiger partial charge in [0.1, 0.15) is 23.9 Å². The lowest BCUT2D eigenvalue weighted by molar-refractivity contribution is -0.173. The maximum Gasteiger partial charge on any atom is 0.258 e. The Morgan fingerprint density at radius 3 is 2.33 bits per heavy atom. The van der Waals surface area contributed by atoms with E-state index in [0.717, 1.165) is 25.3 Å². The molecule has 0 aliphatic heterocycles. The lowest BCUT2D eigenvalue weighted by Crippen LogP contribution is -2.75. The van der Waals surface area contributed by atoms with Crippen molar-refractivity contribution in [3.8, 4) is 17.6 Å². The summed E-state index contributed by atoms with van der Waals surface area (Å²) in [5.74, 6) is -0.169. The molecule has 1 N–H and O–H groups in total. The van der Waals surface area contributed by atoms with Crippen molar-refractivity contribution in [2.75, 3.05) is 13.2 Å². The monoisotopic (exact) mass is 490 g/mol. The molecule has 3 saturated carbocycles. The molecule has 2 aromatic carbocycles. The van der Waals surface area contributed by atoms with Gasteiger partial charge in [-0.2, -0.15) is 5.26 Å². The number of hydrogen-bond acceptors (Lipinski definition) is 5. The van der Waals surface area contributed by atoms with Gasteiger partial charge in [0.15, 0.2) is 12.4 Å². The van der Waals surface area contributed by atoms with E-state index >= 15 is 0 Å². The summed E-state index contributed by atoms with van der Waals surface area (Å²) in [6.07, 6.45) is 2.73. The van der Waals surface area contributed by atoms with E-state index in [1.165, 1.54) is 12.1 Å². The highest BCUT2D eigenvalue weighted by Gasteiger charge is 2.68. The molecular weight excluding hydrogens is 470 g/mol. The summed E-state index contributed by atoms with van der Waals surface area (Å²) in [5.41, 5.74) is 0.281. The number of amides is 1. The standard InChI is InChI=1S/C24H21Cl2FN2O4/c25-19-3-1-17(7-15(19)5-6-28)33-11-22(31)29-24-12-23(13-24,14-24)9-16(30)10-32-18-2-4-20(26)21(27)8-18/h1-4,7-8H,5,9-14H2,(H,29,31). The van der Waals surface area contributed by atoms with E-state index in [4.69, 9.17) is 37.9 Å². The van der Waals surface area contributed by atoms with Crippen LogP contribution in [0.4, 0.5) is 4.39 Å². The first-order chi connectivity index (χ1) is 15.7. The third-order valence-corrected chi connectivity index (χ3v) is 6.74. The summed E-state index contributed by atoms with van der Waals surface area (Å²) in [6, 6.07) is 11.0. The molecule has 0 unspecified atom stereocenters. The van der Waals surface area contributed by atoms with E-state index in [9.17, 15) is 14.0 Å². The van der Waals surface area contributed by atoms with Crippen LogP contribution in [0.2, 0.25) is 10.0 Å². The molecule has 0 atom stereocenters. The number of nitrogens with zero attached hydrogens (tertiary/aromatic N) is 1. The molecule has 0 saturated heterocycles. The number of ketones is 1. The largest absolute Gasteiger partial charge is 0.486 e. The summed E-state index contributed by atoms with van der Waals surface area (Å²) >= 11 is 11.7. The van der Waals surface area contributed by atoms with E-state index in [1.54, 1.807) is 18.2 Å². The number of hydrogen-bond donors (Lipinski definition) is 1. The Bertz CT molecular complexity index is 1130. The molecule has 6 nitrogen and oxygen atoms in total. The van der Waals surface area contributed by atoms with Gasteiger partial charge in [0.05, 0.1) is 17.5 Å². The SMILES string of the molecule is N#CCc1cc(OCC(=O)NC23CC(CC(=O)COc4ccc(Cl)c(F)c4)(C2)C3)ccc1Cl. The second-order valence-corrected chi connectivity index (χ2v) is 9.63. The average molecular weight is 491 g/mol. The lowest BCUT2D eigenvalue weighted by Gasteiger charge is -2.70. The van der Waals surface area contributed by atoms with Gasteiger partial charge in [0.25, 0.3) is 5.91 Å². The van der Waals surface area contributed by atoms with E-state index in [0.29, 0.717) is 22.8 Å². The molecule has 33 heavy (non-hydrogen) atoms. The number of rotatable bonds is 10. The minimum Gasteiger partial charge on any atom is -0.486 e. The Morgan fingerprint density at radius 2 is 1.67 bits per heavy atom. The zero-order valence-electron chi connectivity index (χ0n) is 17.6. The first-order valence-corrected chi connectivity index (χ1v) is 11.2. The fourth-order valence-electron chi connectivity index (χ4n) is 4.86. The van der Waals surface area contributed by atoms with Gasteiger partial charge in [-0.15, -0.1) is 0 Å². The highest BCUT2D eigenvalue weighted by Crippen LogP contribution is 2.69. The molecule has 3 aliphatic carbocycles. The Morgan fingerprint density at radius 1 is 1.03 bits per heavy atom. The van der Waals surface area contributed by atoms with Crippen LogP contribution in [0.15, 0.2) is 36.4 Å². The number of halogens is 3. The van der Waals surface area contributed by atoms with Crippen LogP contribution in [-0.4, -0.2) is 30.4 Å². The van der Waals surface area contributed by atoms with Gasteiger partial charge in [-0.25, -0.2) is 4.39 Å². The van der Waals surface area contributed by atoms with Crippen molar-refractivity contribution < 1.29 is 23.5 Å². The summed E-state index contributed by atoms with van der Waals surface area (Å²) < 4.78 is 24.4. The smallest absolute Gasteiger partial charge is 0.258 e. The van der Waals surface area contributed by atoms with E-state index in [-0.39, 0.29) is 53.1 Å². The third kappa shape index (κ3) is 5.23. The van der Waals surface area contributed by atoms with Crippen molar-refractivity contribution in [2.45, 2.75) is 37.6 Å². The quantitative estimate of drug-likeness (QED) is 0.523. The highest BCUT2D eigenvalue weighted by atomic mass is 35.5. The topological polar surface area (TPSA) is 88.4 Å². The van der Waals surface area contributed by atoms with Crippen LogP contribution < -0.4 is 14.8 Å². The van der Waals surface area contributed by atoms with Gasteiger partial charge in [-0.3, -0.25) is 9.59 Å². The Balaban J connectivity index is 1.18. The van der Waals surface area contributed by atoms with Crippen molar-refractivity contribution in [2.24, 2.45) is 5.41 Å². The number of Topliss-reactive ketones (excluding diaryl/α,β-unsaturated/α-hetero) is 1. The fourth-order valence-corrected chi connectivity index (χ4v) is 5.16. The van der Waals surface area contributed by atoms with Crippen molar-refractivity contribution in [3.05, 3.63) is 57.8 Å². The second kappa shape index (κ2) is 9.20.